The maximum atomic E-state index is 11.8. The summed E-state index contributed by atoms with van der Waals surface area (Å²) in [5.74, 6) is -0.0175. The lowest BCUT2D eigenvalue weighted by Crippen LogP contribution is -2.36. The summed E-state index contributed by atoms with van der Waals surface area (Å²) in [6.45, 7) is 4.88. The van der Waals surface area contributed by atoms with Gasteiger partial charge in [0.25, 0.3) is 0 Å². The van der Waals surface area contributed by atoms with Crippen LogP contribution in [0.5, 0.6) is 5.75 Å². The van der Waals surface area contributed by atoms with Gasteiger partial charge in [-0.05, 0) is 20.8 Å². The summed E-state index contributed by atoms with van der Waals surface area (Å²) in [4.78, 5) is 13.2. The second-order valence-corrected chi connectivity index (χ2v) is 6.01. The number of ether oxygens (including phenoxy) is 2. The first kappa shape index (κ1) is 16.3. The van der Waals surface area contributed by atoms with Gasteiger partial charge in [-0.3, -0.25) is 9.69 Å². The molecule has 8 heteroatoms. The van der Waals surface area contributed by atoms with Crippen LogP contribution in [0.2, 0.25) is 0 Å². The number of fused-ring (bicyclic) bond motifs is 1. The van der Waals surface area contributed by atoms with E-state index >= 15 is 0 Å². The van der Waals surface area contributed by atoms with Crippen molar-refractivity contribution in [1.82, 2.24) is 9.58 Å². The highest BCUT2D eigenvalue weighted by atomic mass is 16.5. The van der Waals surface area contributed by atoms with Crippen molar-refractivity contribution in [3.63, 3.8) is 0 Å². The van der Waals surface area contributed by atoms with Gasteiger partial charge in [-0.1, -0.05) is 0 Å². The number of rotatable bonds is 4. The molecular formula is C14H21N3O5. The van der Waals surface area contributed by atoms with Crippen LogP contribution in [0.3, 0.4) is 0 Å². The first-order chi connectivity index (χ1) is 10.3. The predicted molar refractivity (Wildman–Crippen MR) is 78.0 cm³/mol. The van der Waals surface area contributed by atoms with Gasteiger partial charge < -0.3 is 19.7 Å². The van der Waals surface area contributed by atoms with Crippen LogP contribution < -0.4 is 4.74 Å². The summed E-state index contributed by atoms with van der Waals surface area (Å²) in [7, 11) is 1.45. The van der Waals surface area contributed by atoms with Crippen molar-refractivity contribution in [3.8, 4) is 5.75 Å². The molecule has 1 unspecified atom stereocenters. The Kier molecular flexibility index (Phi) is 4.43. The summed E-state index contributed by atoms with van der Waals surface area (Å²) in [5.41, 5.74) is 0.267. The monoisotopic (exact) mass is 311 g/mol. The first-order valence-corrected chi connectivity index (χ1v) is 6.84. The van der Waals surface area contributed by atoms with Gasteiger partial charge >= 0.3 is 5.97 Å². The Morgan fingerprint density at radius 3 is 2.68 bits per heavy atom. The van der Waals surface area contributed by atoms with Crippen molar-refractivity contribution in [1.29, 1.82) is 0 Å². The van der Waals surface area contributed by atoms with E-state index in [0.717, 1.165) is 0 Å². The van der Waals surface area contributed by atoms with E-state index in [1.807, 2.05) is 0 Å². The van der Waals surface area contributed by atoms with Crippen LogP contribution in [-0.2, 0) is 16.1 Å². The fraction of sp³-hybridized carbons (Fsp3) is 0.571. The van der Waals surface area contributed by atoms with Gasteiger partial charge in [0.2, 0.25) is 0 Å². The minimum atomic E-state index is -1.10. The normalized spacial score (nSPS) is 17.4. The Labute approximate surface area is 128 Å². The molecule has 0 aromatic carbocycles. The van der Waals surface area contributed by atoms with E-state index in [1.165, 1.54) is 23.0 Å². The third-order valence-electron chi connectivity index (χ3n) is 3.26. The van der Waals surface area contributed by atoms with Crippen LogP contribution >= 0.6 is 0 Å². The number of hydrogen-bond acceptors (Lipinski definition) is 7. The Morgan fingerprint density at radius 1 is 1.45 bits per heavy atom. The van der Waals surface area contributed by atoms with Gasteiger partial charge in [-0.25, -0.2) is 4.68 Å². The fourth-order valence-electron chi connectivity index (χ4n) is 2.02. The summed E-state index contributed by atoms with van der Waals surface area (Å²) >= 11 is 0. The summed E-state index contributed by atoms with van der Waals surface area (Å²) < 4.78 is 11.8. The molecule has 0 amide bonds. The quantitative estimate of drug-likeness (QED) is 0.792. The second-order valence-electron chi connectivity index (χ2n) is 6.01. The van der Waals surface area contributed by atoms with E-state index in [9.17, 15) is 15.0 Å². The fourth-order valence-corrected chi connectivity index (χ4v) is 2.02. The highest BCUT2D eigenvalue weighted by molar-refractivity contribution is 5.75. The molecule has 0 radical (unpaired) electrons. The van der Waals surface area contributed by atoms with Crippen molar-refractivity contribution in [2.24, 2.45) is 10.5 Å². The van der Waals surface area contributed by atoms with Crippen LogP contribution in [0.4, 0.5) is 0 Å². The van der Waals surface area contributed by atoms with E-state index in [-0.39, 0.29) is 19.3 Å². The van der Waals surface area contributed by atoms with E-state index in [1.54, 1.807) is 27.0 Å². The standard InChI is InChI=1S/C14H21N3O5/c1-14(2,3)13(20)22-8-16-7-15-17-5-9(6-18)11(21-4)10(17)12(16)19/h5,7,12,18-19H,6,8H2,1-4H3. The number of methoxy groups -OCH3 is 1. The molecule has 0 saturated carbocycles. The summed E-state index contributed by atoms with van der Waals surface area (Å²) in [5, 5.41) is 23.8. The Balaban J connectivity index is 2.16. The van der Waals surface area contributed by atoms with E-state index in [0.29, 0.717) is 17.0 Å². The lowest BCUT2D eigenvalue weighted by Gasteiger charge is -2.30. The average molecular weight is 311 g/mol. The maximum absolute atomic E-state index is 11.8. The highest BCUT2D eigenvalue weighted by Gasteiger charge is 2.31. The molecule has 2 rings (SSSR count). The van der Waals surface area contributed by atoms with E-state index in [4.69, 9.17) is 9.47 Å². The molecular weight excluding hydrogens is 290 g/mol. The number of carbonyl (C=O) groups excluding carboxylic acids is 1. The number of aliphatic hydroxyl groups is 2. The molecule has 0 fully saturated rings. The topological polar surface area (TPSA) is 96.5 Å². The van der Waals surface area contributed by atoms with Gasteiger partial charge in [0, 0.05) is 11.8 Å². The minimum Gasteiger partial charge on any atom is -0.494 e. The molecule has 0 spiro atoms. The molecule has 1 aliphatic rings. The van der Waals surface area contributed by atoms with Crippen LogP contribution in [0.25, 0.3) is 0 Å². The smallest absolute Gasteiger partial charge is 0.312 e. The van der Waals surface area contributed by atoms with Gasteiger partial charge in [-0.2, -0.15) is 5.10 Å². The van der Waals surface area contributed by atoms with E-state index < -0.39 is 11.6 Å². The molecule has 1 atom stereocenters. The first-order valence-electron chi connectivity index (χ1n) is 6.84. The number of hydrogen-bond donors (Lipinski definition) is 2. The van der Waals surface area contributed by atoms with Gasteiger partial charge in [0.05, 0.1) is 19.1 Å². The Hall–Kier alpha value is -2.06. The minimum absolute atomic E-state index is 0.135. The number of nitrogens with zero attached hydrogens (tertiary/aromatic N) is 3. The molecule has 0 aliphatic carbocycles. The molecule has 0 saturated heterocycles. The van der Waals surface area contributed by atoms with Gasteiger partial charge in [0.1, 0.15) is 12.0 Å². The van der Waals surface area contributed by atoms with E-state index in [2.05, 4.69) is 5.10 Å². The lowest BCUT2D eigenvalue weighted by atomic mass is 9.98. The maximum Gasteiger partial charge on any atom is 0.312 e. The van der Waals surface area contributed by atoms with Crippen LogP contribution in [0.1, 0.15) is 38.3 Å². The average Bonchev–Trinajstić information content (AvgIpc) is 2.83. The molecule has 1 aliphatic heterocycles. The zero-order valence-electron chi connectivity index (χ0n) is 13.1. The molecule has 1 aromatic heterocycles. The van der Waals surface area contributed by atoms with Crippen LogP contribution in [-0.4, -0.2) is 45.9 Å². The largest absolute Gasteiger partial charge is 0.494 e. The molecule has 0 bridgehead atoms. The van der Waals surface area contributed by atoms with Crippen molar-refractivity contribution >= 4 is 12.3 Å². The molecule has 122 valence electrons. The van der Waals surface area contributed by atoms with Crippen molar-refractivity contribution in [2.45, 2.75) is 33.6 Å². The number of carbonyl (C=O) groups is 1. The van der Waals surface area contributed by atoms with Crippen LogP contribution in [0, 0.1) is 5.41 Å². The summed E-state index contributed by atoms with van der Waals surface area (Å²) in [6, 6.07) is 0. The number of aliphatic hydroxyl groups excluding tert-OH is 2. The van der Waals surface area contributed by atoms with Gasteiger partial charge in [-0.15, -0.1) is 0 Å². The molecule has 8 nitrogen and oxygen atoms in total. The Bertz CT molecular complexity index is 588. The third kappa shape index (κ3) is 2.93. The van der Waals surface area contributed by atoms with Gasteiger partial charge in [0.15, 0.2) is 18.7 Å². The zero-order chi connectivity index (χ0) is 16.5. The molecule has 2 N–H and O–H groups in total. The lowest BCUT2D eigenvalue weighted by molar-refractivity contribution is -0.159. The predicted octanol–water partition coefficient (Wildman–Crippen LogP) is 0.634. The SMILES string of the molecule is COc1c(CO)cn2c1C(O)N(COC(=O)C(C)(C)C)C=N2. The van der Waals surface area contributed by atoms with Crippen molar-refractivity contribution < 1.29 is 24.5 Å². The zero-order valence-corrected chi connectivity index (χ0v) is 13.1. The van der Waals surface area contributed by atoms with Crippen molar-refractivity contribution in [3.05, 3.63) is 17.5 Å². The summed E-state index contributed by atoms with van der Waals surface area (Å²) in [6.07, 6.45) is 1.85. The van der Waals surface area contributed by atoms with Crippen LogP contribution in [0.15, 0.2) is 11.3 Å². The molecule has 2 heterocycles. The third-order valence-corrected chi connectivity index (χ3v) is 3.26. The molecule has 22 heavy (non-hydrogen) atoms. The molecule has 1 aromatic rings. The second kappa shape index (κ2) is 5.98. The van der Waals surface area contributed by atoms with Crippen molar-refractivity contribution in [2.75, 3.05) is 13.8 Å². The number of esters is 1. The highest BCUT2D eigenvalue weighted by Crippen LogP contribution is 2.34. The Morgan fingerprint density at radius 2 is 2.14 bits per heavy atom. The number of aromatic nitrogens is 1.